The average Bonchev–Trinajstić information content (AvgIpc) is 2.38. The fraction of sp³-hybridized carbons (Fsp3) is 0.308. The number of benzene rings is 1. The number of nitrogens with zero attached hydrogens (tertiary/aromatic N) is 1. The zero-order valence-corrected chi connectivity index (χ0v) is 10.9. The van der Waals surface area contributed by atoms with E-state index in [1.54, 1.807) is 6.07 Å². The Labute approximate surface area is 115 Å². The maximum Gasteiger partial charge on any atom is 0.328 e. The molecular weight excluding hydrogens is 267 g/mol. The largest absolute Gasteiger partial charge is 0.481 e. The number of carbonyl (C=O) groups is 3. The Balaban J connectivity index is 2.52. The number of hydrogen-bond donors (Lipinski definition) is 2. The standard InChI is InChI=1S/C13H15FN2O4/c1-16(10-6-3-2-5-9(10)14)13(20)15-11(17)7-4-8-12(18)19/h2-3,5-6H,4,7-8H2,1H3,(H,18,19)(H,15,17,20). The van der Waals surface area contributed by atoms with Gasteiger partial charge in [-0.2, -0.15) is 0 Å². The second kappa shape index (κ2) is 7.22. The molecule has 3 amide bonds. The Hall–Kier alpha value is -2.44. The van der Waals surface area contributed by atoms with Gasteiger partial charge in [0.05, 0.1) is 5.69 Å². The lowest BCUT2D eigenvalue weighted by Gasteiger charge is -2.17. The minimum Gasteiger partial charge on any atom is -0.481 e. The van der Waals surface area contributed by atoms with Crippen LogP contribution in [0.4, 0.5) is 14.9 Å². The summed E-state index contributed by atoms with van der Waals surface area (Å²) in [5.41, 5.74) is 0.0448. The van der Waals surface area contributed by atoms with Crippen LogP contribution >= 0.6 is 0 Å². The second-order valence-electron chi connectivity index (χ2n) is 4.11. The highest BCUT2D eigenvalue weighted by Crippen LogP contribution is 2.16. The fourth-order valence-corrected chi connectivity index (χ4v) is 1.50. The number of urea groups is 1. The third-order valence-corrected chi connectivity index (χ3v) is 2.56. The zero-order chi connectivity index (χ0) is 15.1. The van der Waals surface area contributed by atoms with E-state index in [1.165, 1.54) is 25.2 Å². The molecule has 0 aliphatic heterocycles. The van der Waals surface area contributed by atoms with E-state index in [0.717, 1.165) is 4.90 Å². The summed E-state index contributed by atoms with van der Waals surface area (Å²) in [4.78, 5) is 34.4. The van der Waals surface area contributed by atoms with E-state index in [9.17, 15) is 18.8 Å². The van der Waals surface area contributed by atoms with Crippen LogP contribution in [0.2, 0.25) is 0 Å². The van der Waals surface area contributed by atoms with Crippen molar-refractivity contribution in [2.75, 3.05) is 11.9 Å². The number of hydrogen-bond acceptors (Lipinski definition) is 3. The highest BCUT2D eigenvalue weighted by Gasteiger charge is 2.16. The number of halogens is 1. The first-order chi connectivity index (χ1) is 9.41. The molecule has 0 heterocycles. The summed E-state index contributed by atoms with van der Waals surface area (Å²) in [6.45, 7) is 0. The third-order valence-electron chi connectivity index (χ3n) is 2.56. The first-order valence-corrected chi connectivity index (χ1v) is 5.95. The number of para-hydroxylation sites is 1. The van der Waals surface area contributed by atoms with Crippen molar-refractivity contribution in [2.24, 2.45) is 0 Å². The van der Waals surface area contributed by atoms with Gasteiger partial charge in [-0.05, 0) is 18.6 Å². The van der Waals surface area contributed by atoms with Crippen LogP contribution in [0.1, 0.15) is 19.3 Å². The molecule has 0 aliphatic rings. The van der Waals surface area contributed by atoms with Crippen LogP contribution in [0.3, 0.4) is 0 Å². The molecule has 0 saturated carbocycles. The molecule has 7 heteroatoms. The molecule has 0 aliphatic carbocycles. The lowest BCUT2D eigenvalue weighted by Crippen LogP contribution is -2.41. The number of rotatable bonds is 5. The Bertz CT molecular complexity index is 519. The van der Waals surface area contributed by atoms with Crippen LogP contribution < -0.4 is 10.2 Å². The molecule has 0 radical (unpaired) electrons. The Morgan fingerprint density at radius 2 is 1.90 bits per heavy atom. The number of carboxylic acid groups (broad SMARTS) is 1. The van der Waals surface area contributed by atoms with Crippen LogP contribution in [0.5, 0.6) is 0 Å². The molecule has 1 aromatic carbocycles. The highest BCUT2D eigenvalue weighted by molar-refractivity contribution is 6.02. The van der Waals surface area contributed by atoms with Crippen LogP contribution in [0, 0.1) is 5.82 Å². The Morgan fingerprint density at radius 3 is 2.50 bits per heavy atom. The van der Waals surface area contributed by atoms with Gasteiger partial charge in [-0.3, -0.25) is 19.8 Å². The van der Waals surface area contributed by atoms with Crippen LogP contribution in [-0.4, -0.2) is 30.1 Å². The molecule has 108 valence electrons. The van der Waals surface area contributed by atoms with Crippen LogP contribution in [0.15, 0.2) is 24.3 Å². The quantitative estimate of drug-likeness (QED) is 0.861. The molecule has 6 nitrogen and oxygen atoms in total. The maximum absolute atomic E-state index is 13.5. The number of aliphatic carboxylic acids is 1. The van der Waals surface area contributed by atoms with Crippen molar-refractivity contribution in [2.45, 2.75) is 19.3 Å². The molecule has 0 fully saturated rings. The summed E-state index contributed by atoms with van der Waals surface area (Å²) >= 11 is 0. The van der Waals surface area contributed by atoms with Gasteiger partial charge in [0, 0.05) is 19.9 Å². The van der Waals surface area contributed by atoms with Crippen molar-refractivity contribution in [1.82, 2.24) is 5.32 Å². The minimum atomic E-state index is -1.01. The molecule has 0 bridgehead atoms. The monoisotopic (exact) mass is 282 g/mol. The van der Waals surface area contributed by atoms with E-state index >= 15 is 0 Å². The van der Waals surface area contributed by atoms with Gasteiger partial charge in [-0.1, -0.05) is 12.1 Å². The summed E-state index contributed by atoms with van der Waals surface area (Å²) in [6, 6.07) is 4.89. The van der Waals surface area contributed by atoms with Crippen molar-refractivity contribution in [3.05, 3.63) is 30.1 Å². The summed E-state index contributed by atoms with van der Waals surface area (Å²) in [5, 5.41) is 10.5. The molecule has 1 aromatic rings. The lowest BCUT2D eigenvalue weighted by atomic mass is 10.2. The van der Waals surface area contributed by atoms with Gasteiger partial charge in [0.2, 0.25) is 5.91 Å². The van der Waals surface area contributed by atoms with E-state index in [4.69, 9.17) is 5.11 Å². The number of anilines is 1. The lowest BCUT2D eigenvalue weighted by molar-refractivity contribution is -0.137. The SMILES string of the molecule is CN(C(=O)NC(=O)CCCC(=O)O)c1ccccc1F. The number of carboxylic acids is 1. The number of carbonyl (C=O) groups excluding carboxylic acids is 2. The van der Waals surface area contributed by atoms with Crippen molar-refractivity contribution in [1.29, 1.82) is 0 Å². The van der Waals surface area contributed by atoms with E-state index in [2.05, 4.69) is 5.32 Å². The highest BCUT2D eigenvalue weighted by atomic mass is 19.1. The molecule has 0 aromatic heterocycles. The molecular formula is C13H15FN2O4. The summed E-state index contributed by atoms with van der Waals surface area (Å²) in [5.74, 6) is -2.18. The number of amides is 3. The summed E-state index contributed by atoms with van der Waals surface area (Å²) in [6.07, 6.45) is -0.0915. The predicted octanol–water partition coefficient (Wildman–Crippen LogP) is 1.75. The average molecular weight is 282 g/mol. The van der Waals surface area contributed by atoms with Crippen molar-refractivity contribution >= 4 is 23.6 Å². The number of imide groups is 1. The van der Waals surface area contributed by atoms with Crippen molar-refractivity contribution in [3.63, 3.8) is 0 Å². The van der Waals surface area contributed by atoms with E-state index < -0.39 is 23.7 Å². The van der Waals surface area contributed by atoms with Gasteiger partial charge in [0.15, 0.2) is 0 Å². The molecule has 1 rings (SSSR count). The minimum absolute atomic E-state index is 0.0448. The Morgan fingerprint density at radius 1 is 1.25 bits per heavy atom. The van der Waals surface area contributed by atoms with Crippen LogP contribution in [-0.2, 0) is 9.59 Å². The summed E-state index contributed by atoms with van der Waals surface area (Å²) in [7, 11) is 1.33. The van der Waals surface area contributed by atoms with Gasteiger partial charge in [0.25, 0.3) is 0 Å². The maximum atomic E-state index is 13.5. The molecule has 0 unspecified atom stereocenters. The smallest absolute Gasteiger partial charge is 0.328 e. The molecule has 0 atom stereocenters. The van der Waals surface area contributed by atoms with Gasteiger partial charge < -0.3 is 5.11 Å². The molecule has 2 N–H and O–H groups in total. The summed E-state index contributed by atoms with van der Waals surface area (Å²) < 4.78 is 13.5. The molecule has 20 heavy (non-hydrogen) atoms. The topological polar surface area (TPSA) is 86.7 Å². The first-order valence-electron chi connectivity index (χ1n) is 5.95. The van der Waals surface area contributed by atoms with Crippen molar-refractivity contribution in [3.8, 4) is 0 Å². The zero-order valence-electron chi connectivity index (χ0n) is 10.9. The Kier molecular flexibility index (Phi) is 5.64. The molecule has 0 spiro atoms. The fourth-order valence-electron chi connectivity index (χ4n) is 1.50. The van der Waals surface area contributed by atoms with E-state index in [-0.39, 0.29) is 24.9 Å². The third kappa shape index (κ3) is 4.68. The van der Waals surface area contributed by atoms with Crippen LogP contribution in [0.25, 0.3) is 0 Å². The van der Waals surface area contributed by atoms with Gasteiger partial charge in [-0.15, -0.1) is 0 Å². The molecule has 0 saturated heterocycles. The number of nitrogens with one attached hydrogen (secondary N) is 1. The van der Waals surface area contributed by atoms with E-state index in [1.807, 2.05) is 0 Å². The van der Waals surface area contributed by atoms with E-state index in [0.29, 0.717) is 0 Å². The van der Waals surface area contributed by atoms with Gasteiger partial charge in [-0.25, -0.2) is 9.18 Å². The first kappa shape index (κ1) is 15.6. The van der Waals surface area contributed by atoms with Gasteiger partial charge >= 0.3 is 12.0 Å². The predicted molar refractivity (Wildman–Crippen MR) is 69.8 cm³/mol. The van der Waals surface area contributed by atoms with Crippen molar-refractivity contribution < 1.29 is 23.9 Å². The van der Waals surface area contributed by atoms with Gasteiger partial charge in [0.1, 0.15) is 5.82 Å². The second-order valence-corrected chi connectivity index (χ2v) is 4.11. The normalized spacial score (nSPS) is 9.90.